The first-order valence-electron chi connectivity index (χ1n) is 10.9. The van der Waals surface area contributed by atoms with Crippen molar-refractivity contribution in [3.05, 3.63) is 36.0 Å². The molecule has 1 fully saturated rings. The summed E-state index contributed by atoms with van der Waals surface area (Å²) in [4.78, 5) is 22.7. The normalized spacial score (nSPS) is 22.5. The third kappa shape index (κ3) is 4.13. The van der Waals surface area contributed by atoms with Crippen LogP contribution in [0.3, 0.4) is 0 Å². The molecule has 4 aliphatic heterocycles. The summed E-state index contributed by atoms with van der Waals surface area (Å²) < 4.78 is 10.7. The zero-order valence-corrected chi connectivity index (χ0v) is 18.2. The molecular weight excluding hydrogens is 412 g/mol. The van der Waals surface area contributed by atoms with E-state index in [2.05, 4.69) is 42.6 Å². The van der Waals surface area contributed by atoms with Gasteiger partial charge in [-0.25, -0.2) is 9.79 Å². The minimum absolute atomic E-state index is 0.302. The number of amidine groups is 1. The zero-order chi connectivity index (χ0) is 21.9. The second-order valence-electron chi connectivity index (χ2n) is 8.01. The molecule has 4 aliphatic rings. The van der Waals surface area contributed by atoms with Gasteiger partial charge in [-0.2, -0.15) is 5.11 Å². The summed E-state index contributed by atoms with van der Waals surface area (Å²) in [5, 5.41) is 9.79. The highest BCUT2D eigenvalue weighted by Crippen LogP contribution is 2.28. The quantitative estimate of drug-likeness (QED) is 0.605. The van der Waals surface area contributed by atoms with E-state index in [0.717, 1.165) is 56.4 Å². The summed E-state index contributed by atoms with van der Waals surface area (Å²) in [6.07, 6.45) is 1.54. The molecule has 170 valence electrons. The third-order valence-corrected chi connectivity index (χ3v) is 6.10. The van der Waals surface area contributed by atoms with Gasteiger partial charge < -0.3 is 19.8 Å². The van der Waals surface area contributed by atoms with Gasteiger partial charge in [0.2, 0.25) is 0 Å². The Kier molecular flexibility index (Phi) is 5.91. The topological polar surface area (TPSA) is 97.6 Å². The van der Waals surface area contributed by atoms with Gasteiger partial charge in [0, 0.05) is 51.7 Å². The maximum Gasteiger partial charge on any atom is 0.365 e. The van der Waals surface area contributed by atoms with Gasteiger partial charge in [-0.15, -0.1) is 0 Å². The fourth-order valence-corrected chi connectivity index (χ4v) is 4.27. The Morgan fingerprint density at radius 3 is 2.69 bits per heavy atom. The van der Waals surface area contributed by atoms with Gasteiger partial charge in [-0.3, -0.25) is 14.8 Å². The van der Waals surface area contributed by atoms with Crippen LogP contribution in [0, 0.1) is 0 Å². The number of piperazine rings is 1. The molecule has 0 aromatic heterocycles. The van der Waals surface area contributed by atoms with Gasteiger partial charge in [0.1, 0.15) is 19.0 Å². The maximum absolute atomic E-state index is 11.7. The molecule has 1 aromatic rings. The number of hydrogen-bond donors (Lipinski definition) is 1. The van der Waals surface area contributed by atoms with Crippen molar-refractivity contribution in [3.63, 3.8) is 0 Å². The Balaban J connectivity index is 1.08. The van der Waals surface area contributed by atoms with Crippen LogP contribution in [0.5, 0.6) is 5.75 Å². The van der Waals surface area contributed by atoms with Crippen molar-refractivity contribution < 1.29 is 14.3 Å². The molecule has 1 saturated heterocycles. The molecule has 4 heterocycles. The number of amides is 2. The zero-order valence-electron chi connectivity index (χ0n) is 18.2. The summed E-state index contributed by atoms with van der Waals surface area (Å²) in [5.41, 5.74) is 5.40. The smallest absolute Gasteiger partial charge is 0.365 e. The summed E-state index contributed by atoms with van der Waals surface area (Å²) in [6, 6.07) is 7.96. The van der Waals surface area contributed by atoms with Crippen molar-refractivity contribution in [2.45, 2.75) is 6.17 Å². The second kappa shape index (κ2) is 9.13. The number of fused-ring (bicyclic) bond motifs is 3. The Morgan fingerprint density at radius 1 is 1.09 bits per heavy atom. The SMILES string of the molecule is COCCOc1ccc(N2CCN(CCN3NC=C4C3=NCN3C(=O)N=NC43)CC2)cc1. The molecule has 11 heteroatoms. The lowest BCUT2D eigenvalue weighted by atomic mass is 10.1. The van der Waals surface area contributed by atoms with E-state index < -0.39 is 0 Å². The van der Waals surface area contributed by atoms with Crippen LogP contribution in [-0.2, 0) is 4.74 Å². The summed E-state index contributed by atoms with van der Waals surface area (Å²) in [7, 11) is 1.67. The van der Waals surface area contributed by atoms with Crippen LogP contribution in [0.1, 0.15) is 0 Å². The molecule has 0 spiro atoms. The Hall–Kier alpha value is -3.18. The molecule has 11 nitrogen and oxygen atoms in total. The molecule has 0 aliphatic carbocycles. The molecule has 5 rings (SSSR count). The Morgan fingerprint density at radius 2 is 1.91 bits per heavy atom. The highest BCUT2D eigenvalue weighted by molar-refractivity contribution is 6.02. The van der Waals surface area contributed by atoms with Crippen molar-refractivity contribution in [1.29, 1.82) is 0 Å². The number of hydrazine groups is 1. The van der Waals surface area contributed by atoms with E-state index in [9.17, 15) is 4.79 Å². The molecule has 1 unspecified atom stereocenters. The van der Waals surface area contributed by atoms with Crippen molar-refractivity contribution in [2.75, 3.05) is 71.2 Å². The van der Waals surface area contributed by atoms with Crippen LogP contribution >= 0.6 is 0 Å². The number of methoxy groups -OCH3 is 1. The van der Waals surface area contributed by atoms with Crippen molar-refractivity contribution in [3.8, 4) is 5.75 Å². The first kappa shape index (κ1) is 20.7. The number of anilines is 1. The third-order valence-electron chi connectivity index (χ3n) is 6.10. The van der Waals surface area contributed by atoms with E-state index in [-0.39, 0.29) is 12.2 Å². The van der Waals surface area contributed by atoms with Gasteiger partial charge in [-0.05, 0) is 24.3 Å². The van der Waals surface area contributed by atoms with Crippen LogP contribution in [0.4, 0.5) is 10.5 Å². The summed E-state index contributed by atoms with van der Waals surface area (Å²) in [5.74, 6) is 1.74. The summed E-state index contributed by atoms with van der Waals surface area (Å²) in [6.45, 7) is 7.18. The minimum atomic E-state index is -0.340. The Bertz CT molecular complexity index is 923. The molecule has 0 saturated carbocycles. The number of nitrogens with zero attached hydrogens (tertiary/aromatic N) is 7. The van der Waals surface area contributed by atoms with E-state index in [1.807, 2.05) is 23.3 Å². The highest BCUT2D eigenvalue weighted by Gasteiger charge is 2.41. The van der Waals surface area contributed by atoms with E-state index in [1.165, 1.54) is 5.69 Å². The number of ether oxygens (including phenoxy) is 2. The standard InChI is InChI=1S/C21H28N8O3/c1-31-12-13-32-17-4-2-16(3-5-17)27-9-6-26(7-10-27)8-11-29-19-18(14-23-29)20-24-25-21(30)28(20)15-22-19/h2-5,14,20,23H,6-13,15H2,1H3. The van der Waals surface area contributed by atoms with Crippen molar-refractivity contribution >= 4 is 17.6 Å². The van der Waals surface area contributed by atoms with Crippen molar-refractivity contribution in [1.82, 2.24) is 20.2 Å². The molecule has 1 atom stereocenters. The number of urea groups is 1. The molecule has 32 heavy (non-hydrogen) atoms. The van der Waals surface area contributed by atoms with Crippen molar-refractivity contribution in [2.24, 2.45) is 15.2 Å². The van der Waals surface area contributed by atoms with Crippen LogP contribution in [-0.4, -0.2) is 99.1 Å². The van der Waals surface area contributed by atoms with Crippen LogP contribution in [0.15, 0.2) is 51.3 Å². The number of aliphatic imine (C=N–C) groups is 1. The fourth-order valence-electron chi connectivity index (χ4n) is 4.27. The lowest BCUT2D eigenvalue weighted by Gasteiger charge is -2.37. The van der Waals surface area contributed by atoms with Gasteiger partial charge >= 0.3 is 6.03 Å². The second-order valence-corrected chi connectivity index (χ2v) is 8.01. The fraction of sp³-hybridized carbons (Fsp3) is 0.524. The number of carbonyl (C=O) groups excluding carboxylic acids is 1. The predicted octanol–water partition coefficient (Wildman–Crippen LogP) is 1.12. The van der Waals surface area contributed by atoms with Crippen LogP contribution < -0.4 is 15.1 Å². The van der Waals surface area contributed by atoms with Gasteiger partial charge in [0.25, 0.3) is 0 Å². The molecule has 0 bridgehead atoms. The molecule has 2 amide bonds. The largest absolute Gasteiger partial charge is 0.491 e. The van der Waals surface area contributed by atoms with Gasteiger partial charge in [0.15, 0.2) is 12.0 Å². The van der Waals surface area contributed by atoms with E-state index in [4.69, 9.17) is 9.47 Å². The highest BCUT2D eigenvalue weighted by atomic mass is 16.5. The van der Waals surface area contributed by atoms with Crippen LogP contribution in [0.2, 0.25) is 0 Å². The lowest BCUT2D eigenvalue weighted by molar-refractivity contribution is 0.146. The lowest BCUT2D eigenvalue weighted by Crippen LogP contribution is -2.50. The minimum Gasteiger partial charge on any atom is -0.491 e. The number of carbonyl (C=O) groups is 1. The van der Waals surface area contributed by atoms with E-state index in [1.54, 1.807) is 12.0 Å². The van der Waals surface area contributed by atoms with Crippen LogP contribution in [0.25, 0.3) is 0 Å². The number of benzene rings is 1. The first-order chi connectivity index (χ1) is 15.7. The maximum atomic E-state index is 11.7. The number of nitrogens with one attached hydrogen (secondary N) is 1. The monoisotopic (exact) mass is 440 g/mol. The molecular formula is C21H28N8O3. The molecule has 1 aromatic carbocycles. The Labute approximate surface area is 186 Å². The van der Waals surface area contributed by atoms with Gasteiger partial charge in [0.05, 0.1) is 18.7 Å². The first-order valence-corrected chi connectivity index (χ1v) is 10.9. The summed E-state index contributed by atoms with van der Waals surface area (Å²) >= 11 is 0. The number of azo groups is 1. The van der Waals surface area contributed by atoms with E-state index >= 15 is 0 Å². The predicted molar refractivity (Wildman–Crippen MR) is 119 cm³/mol. The average Bonchev–Trinajstić information content (AvgIpc) is 3.42. The van der Waals surface area contributed by atoms with Gasteiger partial charge in [-0.1, -0.05) is 5.11 Å². The number of hydrogen-bond acceptors (Lipinski definition) is 9. The average molecular weight is 441 g/mol. The molecule has 1 N–H and O–H groups in total. The van der Waals surface area contributed by atoms with E-state index in [0.29, 0.717) is 19.9 Å². The molecule has 0 radical (unpaired) electrons. The number of rotatable bonds is 8.